The minimum Gasteiger partial charge on any atom is -0.509 e. The van der Waals surface area contributed by atoms with E-state index >= 15 is 0 Å². The van der Waals surface area contributed by atoms with Gasteiger partial charge in [-0.3, -0.25) is 10.1 Å². The Morgan fingerprint density at radius 3 is 2.54 bits per heavy atom. The summed E-state index contributed by atoms with van der Waals surface area (Å²) in [5.41, 5.74) is -0.444. The van der Waals surface area contributed by atoms with Crippen molar-refractivity contribution < 1.29 is 28.2 Å². The van der Waals surface area contributed by atoms with Crippen LogP contribution in [0.25, 0.3) is 11.1 Å². The summed E-state index contributed by atoms with van der Waals surface area (Å²) >= 11 is 0. The molecule has 1 aliphatic carbocycles. The number of rotatable bonds is 3. The van der Waals surface area contributed by atoms with Crippen molar-refractivity contribution in [1.29, 1.82) is 0 Å². The lowest BCUT2D eigenvalue weighted by atomic mass is 9.87. The summed E-state index contributed by atoms with van der Waals surface area (Å²) in [6.07, 6.45) is 0. The number of carbonyl (C=O) groups excluding carboxylic acids is 2. The smallest absolute Gasteiger partial charge is 0.322 e. The van der Waals surface area contributed by atoms with Gasteiger partial charge in [-0.2, -0.15) is 0 Å². The van der Waals surface area contributed by atoms with E-state index in [4.69, 9.17) is 9.84 Å². The lowest BCUT2D eigenvalue weighted by Gasteiger charge is -2.23. The molecule has 1 unspecified atom stereocenters. The molecule has 0 saturated carbocycles. The number of carbonyl (C=O) groups is 2. The van der Waals surface area contributed by atoms with Crippen molar-refractivity contribution >= 4 is 11.9 Å². The standard InChI is InChI=1S/C18H12F2N2O4/c1-8(23)7-26-15-5-11-10-3-2-9(19)4-12(10)18(13(11)6-14(15)20)16(24)21-17(25)22-18/h2-6,23H,1,7H2,(H2,21,22,24,25). The van der Waals surface area contributed by atoms with Gasteiger partial charge < -0.3 is 15.2 Å². The van der Waals surface area contributed by atoms with E-state index in [-0.39, 0.29) is 29.2 Å². The van der Waals surface area contributed by atoms with Crippen LogP contribution in [-0.4, -0.2) is 23.7 Å². The molecule has 3 amide bonds. The van der Waals surface area contributed by atoms with Crippen LogP contribution in [0, 0.1) is 11.6 Å². The van der Waals surface area contributed by atoms with Crippen LogP contribution in [0.4, 0.5) is 13.6 Å². The fourth-order valence-electron chi connectivity index (χ4n) is 3.40. The molecule has 0 radical (unpaired) electrons. The van der Waals surface area contributed by atoms with E-state index in [0.29, 0.717) is 11.1 Å². The monoisotopic (exact) mass is 358 g/mol. The van der Waals surface area contributed by atoms with Gasteiger partial charge in [-0.1, -0.05) is 12.6 Å². The summed E-state index contributed by atoms with van der Waals surface area (Å²) in [5.74, 6) is -2.57. The lowest BCUT2D eigenvalue weighted by Crippen LogP contribution is -2.43. The molecule has 26 heavy (non-hydrogen) atoms. The van der Waals surface area contributed by atoms with Crippen LogP contribution in [0.15, 0.2) is 42.7 Å². The van der Waals surface area contributed by atoms with Crippen molar-refractivity contribution in [2.45, 2.75) is 5.54 Å². The summed E-state index contributed by atoms with van der Waals surface area (Å²) in [7, 11) is 0. The number of aliphatic hydroxyl groups excluding tert-OH is 1. The molecule has 0 bridgehead atoms. The van der Waals surface area contributed by atoms with Gasteiger partial charge in [0, 0.05) is 11.1 Å². The highest BCUT2D eigenvalue weighted by Gasteiger charge is 2.55. The number of imide groups is 1. The summed E-state index contributed by atoms with van der Waals surface area (Å²) in [6.45, 7) is 2.95. The molecular weight excluding hydrogens is 346 g/mol. The molecule has 1 fully saturated rings. The topological polar surface area (TPSA) is 87.7 Å². The van der Waals surface area contributed by atoms with Crippen LogP contribution >= 0.6 is 0 Å². The Kier molecular flexibility index (Phi) is 3.27. The van der Waals surface area contributed by atoms with E-state index in [0.717, 1.165) is 12.1 Å². The Balaban J connectivity index is 1.96. The second-order valence-corrected chi connectivity index (χ2v) is 6.03. The molecule has 1 spiro atoms. The number of hydrogen-bond donors (Lipinski definition) is 3. The molecule has 1 saturated heterocycles. The van der Waals surface area contributed by atoms with Crippen LogP contribution in [0.5, 0.6) is 5.75 Å². The third kappa shape index (κ3) is 2.08. The van der Waals surface area contributed by atoms with E-state index in [1.54, 1.807) is 0 Å². The van der Waals surface area contributed by atoms with Gasteiger partial charge in [0.15, 0.2) is 17.1 Å². The first-order chi connectivity index (χ1) is 12.3. The number of fused-ring (bicyclic) bond motifs is 5. The van der Waals surface area contributed by atoms with Gasteiger partial charge in [0.25, 0.3) is 5.91 Å². The Morgan fingerprint density at radius 1 is 1.15 bits per heavy atom. The number of nitrogens with one attached hydrogen (secondary N) is 2. The maximum Gasteiger partial charge on any atom is 0.322 e. The number of urea groups is 1. The zero-order valence-corrected chi connectivity index (χ0v) is 13.2. The number of aliphatic hydroxyl groups is 1. The molecular formula is C18H12F2N2O4. The molecule has 2 aromatic rings. The van der Waals surface area contributed by atoms with E-state index in [1.807, 2.05) is 0 Å². The first-order valence-corrected chi connectivity index (χ1v) is 7.60. The maximum atomic E-state index is 14.5. The van der Waals surface area contributed by atoms with Crippen LogP contribution in [0.3, 0.4) is 0 Å². The van der Waals surface area contributed by atoms with Gasteiger partial charge in [-0.05, 0) is 35.4 Å². The first-order valence-electron chi connectivity index (χ1n) is 7.60. The fraction of sp³-hybridized carbons (Fsp3) is 0.111. The molecule has 6 nitrogen and oxygen atoms in total. The van der Waals surface area contributed by atoms with Crippen LogP contribution in [0.2, 0.25) is 0 Å². The van der Waals surface area contributed by atoms with Gasteiger partial charge in [-0.25, -0.2) is 13.6 Å². The van der Waals surface area contributed by atoms with Gasteiger partial charge in [0.2, 0.25) is 0 Å². The van der Waals surface area contributed by atoms with Gasteiger partial charge in [-0.15, -0.1) is 0 Å². The zero-order chi connectivity index (χ0) is 18.6. The van der Waals surface area contributed by atoms with Gasteiger partial charge in [0.1, 0.15) is 18.2 Å². The van der Waals surface area contributed by atoms with E-state index < -0.39 is 29.1 Å². The number of ether oxygens (including phenoxy) is 1. The quantitative estimate of drug-likeness (QED) is 0.581. The summed E-state index contributed by atoms with van der Waals surface area (Å²) in [5, 5.41) is 13.7. The molecule has 1 atom stereocenters. The summed E-state index contributed by atoms with van der Waals surface area (Å²) in [4.78, 5) is 24.3. The number of hydrogen-bond acceptors (Lipinski definition) is 4. The molecule has 1 aliphatic heterocycles. The Hall–Kier alpha value is -3.42. The van der Waals surface area contributed by atoms with Gasteiger partial charge in [0.05, 0.1) is 0 Å². The highest BCUT2D eigenvalue weighted by Crippen LogP contribution is 2.50. The highest BCUT2D eigenvalue weighted by atomic mass is 19.1. The van der Waals surface area contributed by atoms with Crippen LogP contribution in [-0.2, 0) is 10.3 Å². The number of benzene rings is 2. The Bertz CT molecular complexity index is 1000. The minimum absolute atomic E-state index is 0.170. The van der Waals surface area contributed by atoms with Crippen molar-refractivity contribution in [2.75, 3.05) is 6.61 Å². The van der Waals surface area contributed by atoms with Crippen molar-refractivity contribution in [3.8, 4) is 16.9 Å². The van der Waals surface area contributed by atoms with Crippen molar-refractivity contribution in [1.82, 2.24) is 10.6 Å². The van der Waals surface area contributed by atoms with Crippen molar-refractivity contribution in [2.24, 2.45) is 0 Å². The minimum atomic E-state index is -1.70. The maximum absolute atomic E-state index is 14.5. The molecule has 0 aromatic heterocycles. The second-order valence-electron chi connectivity index (χ2n) is 6.03. The lowest BCUT2D eigenvalue weighted by molar-refractivity contribution is -0.122. The average Bonchev–Trinajstić information content (AvgIpc) is 3.01. The Morgan fingerprint density at radius 2 is 1.88 bits per heavy atom. The highest BCUT2D eigenvalue weighted by molar-refractivity contribution is 6.13. The fourth-order valence-corrected chi connectivity index (χ4v) is 3.40. The third-order valence-electron chi connectivity index (χ3n) is 4.41. The third-order valence-corrected chi connectivity index (χ3v) is 4.41. The first kappa shape index (κ1) is 16.1. The molecule has 132 valence electrons. The van der Waals surface area contributed by atoms with E-state index in [9.17, 15) is 18.4 Å². The predicted molar refractivity (Wildman–Crippen MR) is 86.5 cm³/mol. The van der Waals surface area contributed by atoms with E-state index in [2.05, 4.69) is 17.2 Å². The van der Waals surface area contributed by atoms with E-state index in [1.165, 1.54) is 18.2 Å². The molecule has 8 heteroatoms. The van der Waals surface area contributed by atoms with Crippen molar-refractivity contribution in [3.63, 3.8) is 0 Å². The summed E-state index contributed by atoms with van der Waals surface area (Å²) in [6, 6.07) is 5.44. The van der Waals surface area contributed by atoms with Crippen LogP contribution in [0.1, 0.15) is 11.1 Å². The van der Waals surface area contributed by atoms with Crippen molar-refractivity contribution in [3.05, 3.63) is 65.4 Å². The molecule has 2 aromatic carbocycles. The zero-order valence-electron chi connectivity index (χ0n) is 13.2. The van der Waals surface area contributed by atoms with Crippen LogP contribution < -0.4 is 15.4 Å². The molecule has 4 rings (SSSR count). The second kappa shape index (κ2) is 5.29. The molecule has 3 N–H and O–H groups in total. The largest absolute Gasteiger partial charge is 0.509 e. The number of amides is 3. The molecule has 1 heterocycles. The normalized spacial score (nSPS) is 19.8. The average molecular weight is 358 g/mol. The SMILES string of the molecule is C=C(O)COc1cc2c(cc1F)C1(NC(=O)NC1=O)c1cc(F)ccc1-2. The predicted octanol–water partition coefficient (Wildman–Crippen LogP) is 2.48. The summed E-state index contributed by atoms with van der Waals surface area (Å²) < 4.78 is 33.5. The Labute approximate surface area is 146 Å². The number of halogens is 2. The molecule has 2 aliphatic rings. The van der Waals surface area contributed by atoms with Gasteiger partial charge >= 0.3 is 6.03 Å².